The monoisotopic (exact) mass is 343 g/mol. The summed E-state index contributed by atoms with van der Waals surface area (Å²) in [4.78, 5) is 14.1. The summed E-state index contributed by atoms with van der Waals surface area (Å²) in [6, 6.07) is 9.39. The van der Waals surface area contributed by atoms with Crippen LogP contribution in [-0.2, 0) is 6.54 Å². The molecule has 0 amide bonds. The Morgan fingerprint density at radius 3 is 2.48 bits per heavy atom. The second-order valence-electron chi connectivity index (χ2n) is 4.68. The second-order valence-corrected chi connectivity index (χ2v) is 6.97. The van der Waals surface area contributed by atoms with Gasteiger partial charge in [-0.1, -0.05) is 35.3 Å². The lowest BCUT2D eigenvalue weighted by Gasteiger charge is -2.15. The Balaban J connectivity index is 1.96. The van der Waals surface area contributed by atoms with Gasteiger partial charge in [0.1, 0.15) is 10.1 Å². The third kappa shape index (κ3) is 4.45. The first-order valence-electron chi connectivity index (χ1n) is 6.29. The van der Waals surface area contributed by atoms with Crippen LogP contribution in [-0.4, -0.2) is 31.4 Å². The summed E-state index contributed by atoms with van der Waals surface area (Å²) in [6.45, 7) is 0.962. The van der Waals surface area contributed by atoms with E-state index in [9.17, 15) is 4.79 Å². The van der Waals surface area contributed by atoms with Crippen molar-refractivity contribution in [2.24, 2.45) is 0 Å². The van der Waals surface area contributed by atoms with Gasteiger partial charge < -0.3 is 4.74 Å². The largest absolute Gasteiger partial charge is 0.497 e. The molecule has 1 aromatic heterocycles. The number of thiophene rings is 1. The summed E-state index contributed by atoms with van der Waals surface area (Å²) in [5.41, 5.74) is 1.61. The van der Waals surface area contributed by atoms with E-state index < -0.39 is 0 Å². The summed E-state index contributed by atoms with van der Waals surface area (Å²) in [6.07, 6.45) is 0. The zero-order valence-corrected chi connectivity index (χ0v) is 14.1. The van der Waals surface area contributed by atoms with Crippen LogP contribution in [0.2, 0.25) is 8.67 Å². The quantitative estimate of drug-likeness (QED) is 0.729. The standard InChI is InChI=1S/C15H15Cl2NO2S/c1-18(8-10-3-5-11(20-2)6-4-10)9-13(19)12-7-14(16)21-15(12)17/h3-7H,8-9H2,1-2H3. The predicted octanol–water partition coefficient (Wildman–Crippen LogP) is 4.38. The number of ether oxygens (including phenoxy) is 1. The maximum atomic E-state index is 12.2. The molecule has 2 aromatic rings. The van der Waals surface area contributed by atoms with Crippen LogP contribution in [0.25, 0.3) is 0 Å². The highest BCUT2D eigenvalue weighted by Gasteiger charge is 2.16. The zero-order chi connectivity index (χ0) is 15.4. The summed E-state index contributed by atoms with van der Waals surface area (Å²) in [5, 5.41) is 0. The summed E-state index contributed by atoms with van der Waals surface area (Å²) in [7, 11) is 3.53. The van der Waals surface area contributed by atoms with Gasteiger partial charge in [0.2, 0.25) is 0 Å². The van der Waals surface area contributed by atoms with E-state index in [2.05, 4.69) is 0 Å². The molecule has 3 nitrogen and oxygen atoms in total. The molecule has 0 aliphatic rings. The van der Waals surface area contributed by atoms with Gasteiger partial charge in [0.15, 0.2) is 5.78 Å². The fourth-order valence-corrected chi connectivity index (χ4v) is 3.46. The Morgan fingerprint density at radius 2 is 1.95 bits per heavy atom. The van der Waals surface area contributed by atoms with Crippen LogP contribution in [0.4, 0.5) is 0 Å². The van der Waals surface area contributed by atoms with Crippen LogP contribution < -0.4 is 4.74 Å². The highest BCUT2D eigenvalue weighted by Crippen LogP contribution is 2.31. The molecule has 2 rings (SSSR count). The van der Waals surface area contributed by atoms with Gasteiger partial charge in [-0.05, 0) is 30.8 Å². The number of benzene rings is 1. The van der Waals surface area contributed by atoms with Crippen LogP contribution in [0, 0.1) is 0 Å². The van der Waals surface area contributed by atoms with Crippen molar-refractivity contribution in [2.45, 2.75) is 6.54 Å². The Labute approximate surface area is 138 Å². The van der Waals surface area contributed by atoms with Crippen molar-refractivity contribution in [3.05, 3.63) is 50.1 Å². The van der Waals surface area contributed by atoms with Gasteiger partial charge in [-0.3, -0.25) is 9.69 Å². The van der Waals surface area contributed by atoms with Gasteiger partial charge in [0.05, 0.1) is 23.6 Å². The Bertz CT molecular complexity index is 625. The van der Waals surface area contributed by atoms with E-state index in [0.717, 1.165) is 11.3 Å². The number of carbonyl (C=O) groups is 1. The minimum absolute atomic E-state index is 0.0286. The molecule has 0 N–H and O–H groups in total. The molecule has 0 saturated carbocycles. The first-order chi connectivity index (χ1) is 9.99. The third-order valence-corrected chi connectivity index (χ3v) is 4.47. The zero-order valence-electron chi connectivity index (χ0n) is 11.7. The van der Waals surface area contributed by atoms with Crippen LogP contribution in [0.1, 0.15) is 15.9 Å². The number of nitrogens with zero attached hydrogens (tertiary/aromatic N) is 1. The molecule has 0 radical (unpaired) electrons. The van der Waals surface area contributed by atoms with Crippen LogP contribution in [0.5, 0.6) is 5.75 Å². The van der Waals surface area contributed by atoms with E-state index in [-0.39, 0.29) is 5.78 Å². The molecule has 0 aliphatic heterocycles. The van der Waals surface area contributed by atoms with E-state index in [1.807, 2.05) is 36.2 Å². The molecule has 6 heteroatoms. The molecular formula is C15H15Cl2NO2S. The van der Waals surface area contributed by atoms with E-state index in [4.69, 9.17) is 27.9 Å². The lowest BCUT2D eigenvalue weighted by molar-refractivity contribution is 0.0943. The number of Topliss-reactive ketones (excluding diaryl/α,β-unsaturated/α-hetero) is 1. The van der Waals surface area contributed by atoms with Crippen molar-refractivity contribution in [3.8, 4) is 5.75 Å². The molecule has 0 spiro atoms. The minimum atomic E-state index is -0.0286. The Morgan fingerprint density at radius 1 is 1.29 bits per heavy atom. The molecule has 112 valence electrons. The number of likely N-dealkylation sites (N-methyl/N-ethyl adjacent to an activating group) is 1. The Hall–Kier alpha value is -1.07. The van der Waals surface area contributed by atoms with E-state index in [1.165, 1.54) is 11.3 Å². The number of carbonyl (C=O) groups excluding carboxylic acids is 1. The van der Waals surface area contributed by atoms with Crippen molar-refractivity contribution < 1.29 is 9.53 Å². The molecule has 0 fully saturated rings. The van der Waals surface area contributed by atoms with Crippen molar-refractivity contribution in [2.75, 3.05) is 20.7 Å². The van der Waals surface area contributed by atoms with Crippen LogP contribution in [0.15, 0.2) is 30.3 Å². The SMILES string of the molecule is COc1ccc(CN(C)CC(=O)c2cc(Cl)sc2Cl)cc1. The van der Waals surface area contributed by atoms with Gasteiger partial charge in [-0.25, -0.2) is 0 Å². The van der Waals surface area contributed by atoms with Crippen molar-refractivity contribution in [1.29, 1.82) is 0 Å². The molecule has 21 heavy (non-hydrogen) atoms. The average molecular weight is 344 g/mol. The number of methoxy groups -OCH3 is 1. The lowest BCUT2D eigenvalue weighted by Crippen LogP contribution is -2.25. The fourth-order valence-electron chi connectivity index (χ4n) is 1.96. The molecule has 1 aromatic carbocycles. The van der Waals surface area contributed by atoms with Gasteiger partial charge in [0, 0.05) is 6.54 Å². The first-order valence-corrected chi connectivity index (χ1v) is 7.86. The van der Waals surface area contributed by atoms with Crippen molar-refractivity contribution in [1.82, 2.24) is 4.90 Å². The molecule has 0 saturated heterocycles. The molecule has 0 aliphatic carbocycles. The number of rotatable bonds is 6. The molecule has 1 heterocycles. The lowest BCUT2D eigenvalue weighted by atomic mass is 10.2. The van der Waals surface area contributed by atoms with Gasteiger partial charge in [-0.15, -0.1) is 11.3 Å². The molecule has 0 unspecified atom stereocenters. The highest BCUT2D eigenvalue weighted by atomic mass is 35.5. The molecular weight excluding hydrogens is 329 g/mol. The maximum absolute atomic E-state index is 12.2. The first kappa shape index (κ1) is 16.3. The van der Waals surface area contributed by atoms with Gasteiger partial charge >= 0.3 is 0 Å². The van der Waals surface area contributed by atoms with Crippen LogP contribution in [0.3, 0.4) is 0 Å². The number of hydrogen-bond donors (Lipinski definition) is 0. The van der Waals surface area contributed by atoms with Crippen LogP contribution >= 0.6 is 34.5 Å². The fraction of sp³-hybridized carbons (Fsp3) is 0.267. The number of hydrogen-bond acceptors (Lipinski definition) is 4. The summed E-state index contributed by atoms with van der Waals surface area (Å²) < 4.78 is 6.09. The minimum Gasteiger partial charge on any atom is -0.497 e. The average Bonchev–Trinajstić information content (AvgIpc) is 2.78. The normalized spacial score (nSPS) is 10.9. The highest BCUT2D eigenvalue weighted by molar-refractivity contribution is 7.20. The topological polar surface area (TPSA) is 29.5 Å². The molecule has 0 atom stereocenters. The number of ketones is 1. The smallest absolute Gasteiger partial charge is 0.179 e. The van der Waals surface area contributed by atoms with E-state index in [1.54, 1.807) is 13.2 Å². The number of halogens is 2. The molecule has 0 bridgehead atoms. The van der Waals surface area contributed by atoms with Gasteiger partial charge in [-0.2, -0.15) is 0 Å². The van der Waals surface area contributed by atoms with E-state index in [0.29, 0.717) is 27.3 Å². The Kier molecular flexibility index (Phi) is 5.65. The van der Waals surface area contributed by atoms with Crippen molar-refractivity contribution in [3.63, 3.8) is 0 Å². The van der Waals surface area contributed by atoms with Crippen molar-refractivity contribution >= 4 is 40.3 Å². The second kappa shape index (κ2) is 7.27. The predicted molar refractivity (Wildman–Crippen MR) is 88.0 cm³/mol. The summed E-state index contributed by atoms with van der Waals surface area (Å²) in [5.74, 6) is 0.788. The van der Waals surface area contributed by atoms with Gasteiger partial charge in [0.25, 0.3) is 0 Å². The summed E-state index contributed by atoms with van der Waals surface area (Å²) >= 11 is 13.1. The van der Waals surface area contributed by atoms with E-state index >= 15 is 0 Å². The maximum Gasteiger partial charge on any atom is 0.179 e. The third-order valence-electron chi connectivity index (χ3n) is 2.98.